The second-order valence-corrected chi connectivity index (χ2v) is 7.96. The molecule has 29 heavy (non-hydrogen) atoms. The number of nitrogens with zero attached hydrogens (tertiary/aromatic N) is 2. The maximum atomic E-state index is 13.9. The Bertz CT molecular complexity index is 1120. The molecule has 150 valence electrons. The first-order valence-corrected chi connectivity index (χ1v) is 9.67. The molecule has 1 fully saturated rings. The fourth-order valence-electron chi connectivity index (χ4n) is 3.98. The molecule has 2 aromatic carbocycles. The predicted molar refractivity (Wildman–Crippen MR) is 111 cm³/mol. The molecule has 0 saturated carbocycles. The lowest BCUT2D eigenvalue weighted by atomic mass is 9.87. The Balaban J connectivity index is 2.01. The van der Waals surface area contributed by atoms with Gasteiger partial charge in [-0.25, -0.2) is 9.37 Å². The number of carboxylic acids is 1. The number of para-hydroxylation sites is 1. The molecule has 0 atom stereocenters. The van der Waals surface area contributed by atoms with Crippen molar-refractivity contribution < 1.29 is 19.4 Å². The van der Waals surface area contributed by atoms with E-state index in [0.29, 0.717) is 30.0 Å². The minimum absolute atomic E-state index is 0.0643. The van der Waals surface area contributed by atoms with Crippen LogP contribution in [-0.4, -0.2) is 34.3 Å². The van der Waals surface area contributed by atoms with Crippen molar-refractivity contribution in [1.29, 1.82) is 0 Å². The third-order valence-corrected chi connectivity index (χ3v) is 5.57. The molecule has 6 heteroatoms. The number of aromatic hydroxyl groups is 1. The molecule has 0 amide bonds. The Labute approximate surface area is 168 Å². The van der Waals surface area contributed by atoms with Gasteiger partial charge in [0.05, 0.1) is 5.92 Å². The van der Waals surface area contributed by atoms with Crippen LogP contribution in [0.1, 0.15) is 30.9 Å². The van der Waals surface area contributed by atoms with Gasteiger partial charge >= 0.3 is 5.97 Å². The fourth-order valence-corrected chi connectivity index (χ4v) is 3.98. The van der Waals surface area contributed by atoms with E-state index in [1.165, 1.54) is 6.07 Å². The lowest BCUT2D eigenvalue weighted by Crippen LogP contribution is -2.51. The molecule has 2 N–H and O–H groups in total. The summed E-state index contributed by atoms with van der Waals surface area (Å²) in [6.07, 6.45) is 0. The van der Waals surface area contributed by atoms with Gasteiger partial charge < -0.3 is 15.1 Å². The van der Waals surface area contributed by atoms with Crippen LogP contribution in [0.5, 0.6) is 5.75 Å². The van der Waals surface area contributed by atoms with Crippen LogP contribution in [-0.2, 0) is 4.79 Å². The number of phenolic OH excluding ortho intramolecular Hbond substituents is 1. The van der Waals surface area contributed by atoms with Gasteiger partial charge in [0.15, 0.2) is 0 Å². The molecule has 2 heterocycles. The van der Waals surface area contributed by atoms with E-state index in [2.05, 4.69) is 13.8 Å². The molecule has 1 aliphatic rings. The third kappa shape index (κ3) is 3.18. The number of carboxylic acid groups (broad SMARTS) is 1. The summed E-state index contributed by atoms with van der Waals surface area (Å²) in [7, 11) is 0. The van der Waals surface area contributed by atoms with E-state index < -0.39 is 11.9 Å². The van der Waals surface area contributed by atoms with Crippen molar-refractivity contribution in [2.24, 2.45) is 5.92 Å². The van der Waals surface area contributed by atoms with Crippen LogP contribution in [0.15, 0.2) is 36.4 Å². The van der Waals surface area contributed by atoms with Crippen LogP contribution in [0, 0.1) is 18.7 Å². The summed E-state index contributed by atoms with van der Waals surface area (Å²) in [6, 6.07) is 10.3. The highest BCUT2D eigenvalue weighted by Crippen LogP contribution is 2.44. The molecule has 0 unspecified atom stereocenters. The lowest BCUT2D eigenvalue weighted by Gasteiger charge is -2.40. The number of aliphatic carboxylic acids is 1. The number of halogens is 1. The summed E-state index contributed by atoms with van der Waals surface area (Å²) >= 11 is 0. The first kappa shape index (κ1) is 19.2. The van der Waals surface area contributed by atoms with Crippen molar-refractivity contribution in [3.63, 3.8) is 0 Å². The van der Waals surface area contributed by atoms with E-state index >= 15 is 0 Å². The molecule has 5 nitrogen and oxygen atoms in total. The Morgan fingerprint density at radius 1 is 1.24 bits per heavy atom. The molecule has 0 aliphatic carbocycles. The number of carbonyl (C=O) groups is 1. The number of rotatable bonds is 4. The van der Waals surface area contributed by atoms with Gasteiger partial charge in [0.1, 0.15) is 22.9 Å². The summed E-state index contributed by atoms with van der Waals surface area (Å²) in [6.45, 7) is 6.60. The van der Waals surface area contributed by atoms with E-state index in [-0.39, 0.29) is 17.5 Å². The van der Waals surface area contributed by atoms with Crippen molar-refractivity contribution >= 4 is 22.7 Å². The Kier molecular flexibility index (Phi) is 4.65. The topological polar surface area (TPSA) is 73.7 Å². The predicted octanol–water partition coefficient (Wildman–Crippen LogP) is 4.70. The van der Waals surface area contributed by atoms with E-state index in [1.54, 1.807) is 31.2 Å². The Morgan fingerprint density at radius 3 is 2.59 bits per heavy atom. The van der Waals surface area contributed by atoms with Crippen molar-refractivity contribution in [1.82, 2.24) is 4.98 Å². The maximum Gasteiger partial charge on any atom is 0.310 e. The van der Waals surface area contributed by atoms with E-state index in [0.717, 1.165) is 22.1 Å². The minimum atomic E-state index is -0.814. The number of hydrogen-bond donors (Lipinski definition) is 2. The Hall–Kier alpha value is -3.15. The van der Waals surface area contributed by atoms with Gasteiger partial charge in [0, 0.05) is 24.0 Å². The second-order valence-electron chi connectivity index (χ2n) is 7.96. The molecule has 0 spiro atoms. The highest BCUT2D eigenvalue weighted by atomic mass is 19.1. The number of aryl methyl sites for hydroxylation is 1. The Morgan fingerprint density at radius 2 is 1.97 bits per heavy atom. The number of fused-ring (bicyclic) bond motifs is 1. The average Bonchev–Trinajstić information content (AvgIpc) is 2.62. The summed E-state index contributed by atoms with van der Waals surface area (Å²) in [5, 5.41) is 20.5. The summed E-state index contributed by atoms with van der Waals surface area (Å²) in [4.78, 5) is 18.0. The van der Waals surface area contributed by atoms with Crippen LogP contribution in [0.4, 0.5) is 10.2 Å². The van der Waals surface area contributed by atoms with Crippen molar-refractivity contribution in [2.45, 2.75) is 26.7 Å². The summed E-state index contributed by atoms with van der Waals surface area (Å²) in [5.74, 6) is -0.668. The quantitative estimate of drug-likeness (QED) is 0.671. The maximum absolute atomic E-state index is 13.9. The standard InChI is InChI=1S/C23H23FN2O3/c1-12(2)19-20(14-7-8-17(24)13(3)9-14)16-5-4-6-18(27)21(16)25-22(19)26-10-15(11-26)23(28)29/h4-9,12,15,27H,10-11H2,1-3H3,(H,28,29). The number of phenols is 1. The van der Waals surface area contributed by atoms with Gasteiger partial charge in [-0.1, -0.05) is 32.0 Å². The molecule has 3 aromatic rings. The molecule has 0 radical (unpaired) electrons. The first-order valence-electron chi connectivity index (χ1n) is 9.67. The van der Waals surface area contributed by atoms with E-state index in [9.17, 15) is 19.4 Å². The zero-order valence-corrected chi connectivity index (χ0v) is 16.6. The lowest BCUT2D eigenvalue weighted by molar-refractivity contribution is -0.142. The number of anilines is 1. The van der Waals surface area contributed by atoms with Crippen LogP contribution in [0.3, 0.4) is 0 Å². The van der Waals surface area contributed by atoms with Crippen LogP contribution >= 0.6 is 0 Å². The zero-order chi connectivity index (χ0) is 20.9. The summed E-state index contributed by atoms with van der Waals surface area (Å²) in [5.41, 5.74) is 3.72. The number of hydrogen-bond acceptors (Lipinski definition) is 4. The van der Waals surface area contributed by atoms with Gasteiger partial charge in [0.25, 0.3) is 0 Å². The number of pyridine rings is 1. The number of aromatic nitrogens is 1. The largest absolute Gasteiger partial charge is 0.506 e. The molecule has 1 aromatic heterocycles. The highest BCUT2D eigenvalue weighted by molar-refractivity contribution is 6.01. The van der Waals surface area contributed by atoms with Gasteiger partial charge in [0.2, 0.25) is 0 Å². The van der Waals surface area contributed by atoms with Gasteiger partial charge in [-0.2, -0.15) is 0 Å². The van der Waals surface area contributed by atoms with Crippen molar-refractivity contribution in [3.05, 3.63) is 53.3 Å². The van der Waals surface area contributed by atoms with Crippen molar-refractivity contribution in [3.8, 4) is 16.9 Å². The van der Waals surface area contributed by atoms with Gasteiger partial charge in [-0.15, -0.1) is 0 Å². The molecular formula is C23H23FN2O3. The first-order chi connectivity index (χ1) is 13.8. The van der Waals surface area contributed by atoms with Crippen molar-refractivity contribution in [2.75, 3.05) is 18.0 Å². The normalized spacial score (nSPS) is 14.4. The van der Waals surface area contributed by atoms with Crippen LogP contribution in [0.25, 0.3) is 22.0 Å². The third-order valence-electron chi connectivity index (χ3n) is 5.57. The molecule has 1 saturated heterocycles. The monoisotopic (exact) mass is 394 g/mol. The molecule has 1 aliphatic heterocycles. The van der Waals surface area contributed by atoms with E-state index in [1.807, 2.05) is 11.0 Å². The molecule has 4 rings (SSSR count). The van der Waals surface area contributed by atoms with Gasteiger partial charge in [-0.05, 0) is 47.7 Å². The van der Waals surface area contributed by atoms with Crippen LogP contribution in [0.2, 0.25) is 0 Å². The van der Waals surface area contributed by atoms with E-state index in [4.69, 9.17) is 4.98 Å². The second kappa shape index (κ2) is 7.03. The zero-order valence-electron chi connectivity index (χ0n) is 16.6. The summed E-state index contributed by atoms with van der Waals surface area (Å²) < 4.78 is 13.9. The fraction of sp³-hybridized carbons (Fsp3) is 0.304. The van der Waals surface area contributed by atoms with Gasteiger partial charge in [-0.3, -0.25) is 4.79 Å². The highest BCUT2D eigenvalue weighted by Gasteiger charge is 2.36. The molecule has 0 bridgehead atoms. The molecular weight excluding hydrogens is 371 g/mol. The average molecular weight is 394 g/mol. The van der Waals surface area contributed by atoms with Crippen LogP contribution < -0.4 is 4.90 Å². The number of benzene rings is 2. The SMILES string of the molecule is Cc1cc(-c2c(C(C)C)c(N3CC(C(=O)O)C3)nc3c(O)cccc23)ccc1F. The minimum Gasteiger partial charge on any atom is -0.506 e. The smallest absolute Gasteiger partial charge is 0.310 e.